The first-order chi connectivity index (χ1) is 20.1. The number of hydrogen-bond acceptors (Lipinski definition) is 11. The number of carbonyl (C=O) groups is 1. The summed E-state index contributed by atoms with van der Waals surface area (Å²) < 4.78 is 22.7. The molecule has 42 heavy (non-hydrogen) atoms. The van der Waals surface area contributed by atoms with Gasteiger partial charge in [0.05, 0.1) is 11.6 Å². The fourth-order valence-electron chi connectivity index (χ4n) is 4.32. The molecule has 3 aromatic carbocycles. The van der Waals surface area contributed by atoms with Crippen molar-refractivity contribution >= 4 is 23.0 Å². The Labute approximate surface area is 238 Å². The van der Waals surface area contributed by atoms with Crippen LogP contribution in [0.3, 0.4) is 0 Å². The van der Waals surface area contributed by atoms with Gasteiger partial charge in [-0.2, -0.15) is 0 Å². The van der Waals surface area contributed by atoms with Crippen molar-refractivity contribution in [1.82, 2.24) is 0 Å². The van der Waals surface area contributed by atoms with E-state index in [1.807, 2.05) is 0 Å². The number of fused-ring (bicyclic) bond motifs is 1. The number of benzene rings is 3. The van der Waals surface area contributed by atoms with Gasteiger partial charge in [0, 0.05) is 18.2 Å². The third kappa shape index (κ3) is 6.21. The third-order valence-electron chi connectivity index (χ3n) is 6.55. The van der Waals surface area contributed by atoms with Crippen LogP contribution in [0.2, 0.25) is 0 Å². The first-order valence-electron chi connectivity index (χ1n) is 12.7. The van der Waals surface area contributed by atoms with Gasteiger partial charge in [0.25, 0.3) is 0 Å². The number of phenols is 4. The van der Waals surface area contributed by atoms with Gasteiger partial charge >= 0.3 is 17.3 Å². The highest BCUT2D eigenvalue weighted by molar-refractivity contribution is 5.88. The van der Waals surface area contributed by atoms with Gasteiger partial charge < -0.3 is 50.0 Å². The highest BCUT2D eigenvalue weighted by atomic mass is 16.7. The summed E-state index contributed by atoms with van der Waals surface area (Å²) in [6, 6.07) is 15.6. The molecule has 4 aromatic rings. The molecular formula is C30H27O12+. The van der Waals surface area contributed by atoms with Gasteiger partial charge in [-0.25, -0.2) is 9.21 Å². The summed E-state index contributed by atoms with van der Waals surface area (Å²) in [5, 5.41) is 71.1. The van der Waals surface area contributed by atoms with Crippen molar-refractivity contribution in [3.05, 3.63) is 78.4 Å². The molecule has 0 aliphatic carbocycles. The zero-order valence-electron chi connectivity index (χ0n) is 21.8. The van der Waals surface area contributed by atoms with Crippen molar-refractivity contribution in [2.45, 2.75) is 30.7 Å². The number of carbonyl (C=O) groups excluding carboxylic acids is 1. The zero-order valence-corrected chi connectivity index (χ0v) is 21.8. The fraction of sp³-hybridized carbons (Fsp3) is 0.200. The molecule has 5 atom stereocenters. The Hall–Kier alpha value is -4.88. The maximum absolute atomic E-state index is 12.2. The molecule has 1 aliphatic rings. The van der Waals surface area contributed by atoms with Gasteiger partial charge in [-0.1, -0.05) is 12.1 Å². The molecule has 2 heterocycles. The van der Waals surface area contributed by atoms with E-state index >= 15 is 0 Å². The van der Waals surface area contributed by atoms with Crippen LogP contribution in [0.25, 0.3) is 28.4 Å². The quantitative estimate of drug-likeness (QED) is 0.0961. The van der Waals surface area contributed by atoms with Crippen molar-refractivity contribution in [1.29, 1.82) is 0 Å². The topological polar surface area (TPSA) is 198 Å². The molecule has 7 N–H and O–H groups in total. The summed E-state index contributed by atoms with van der Waals surface area (Å²) in [4.78, 5) is 12.2. The van der Waals surface area contributed by atoms with Crippen molar-refractivity contribution in [3.8, 4) is 40.1 Å². The number of esters is 1. The monoisotopic (exact) mass is 579 g/mol. The molecule has 12 nitrogen and oxygen atoms in total. The van der Waals surface area contributed by atoms with Crippen molar-refractivity contribution in [2.24, 2.45) is 0 Å². The van der Waals surface area contributed by atoms with E-state index in [-0.39, 0.29) is 45.5 Å². The summed E-state index contributed by atoms with van der Waals surface area (Å²) in [5.74, 6) is -1.32. The van der Waals surface area contributed by atoms with Crippen LogP contribution in [0.1, 0.15) is 5.56 Å². The number of aliphatic hydroxyl groups excluding tert-OH is 3. The maximum atomic E-state index is 12.2. The molecule has 0 amide bonds. The van der Waals surface area contributed by atoms with Gasteiger partial charge in [-0.05, 0) is 48.0 Å². The number of rotatable bonds is 7. The normalized spacial score (nSPS) is 22.3. The molecule has 1 aromatic heterocycles. The van der Waals surface area contributed by atoms with Crippen molar-refractivity contribution < 1.29 is 59.2 Å². The molecule has 1 aliphatic heterocycles. The Morgan fingerprint density at radius 3 is 2.19 bits per heavy atom. The van der Waals surface area contributed by atoms with Crippen LogP contribution in [-0.2, 0) is 14.3 Å². The van der Waals surface area contributed by atoms with Crippen LogP contribution in [0.4, 0.5) is 0 Å². The molecule has 5 rings (SSSR count). The van der Waals surface area contributed by atoms with E-state index in [2.05, 4.69) is 0 Å². The summed E-state index contributed by atoms with van der Waals surface area (Å²) in [5.41, 5.74) is 1.12. The molecule has 5 unspecified atom stereocenters. The molecule has 0 radical (unpaired) electrons. The van der Waals surface area contributed by atoms with Crippen LogP contribution in [0.5, 0.6) is 28.7 Å². The number of ether oxygens (including phenoxy) is 3. The molecule has 12 heteroatoms. The lowest BCUT2D eigenvalue weighted by atomic mass is 9.99. The van der Waals surface area contributed by atoms with E-state index < -0.39 is 43.3 Å². The Morgan fingerprint density at radius 1 is 0.833 bits per heavy atom. The minimum absolute atomic E-state index is 0.0178. The predicted octanol–water partition coefficient (Wildman–Crippen LogP) is 2.65. The average Bonchev–Trinajstić information content (AvgIpc) is 2.97. The smallest absolute Gasteiger partial charge is 0.402 e. The van der Waals surface area contributed by atoms with E-state index in [1.165, 1.54) is 54.6 Å². The van der Waals surface area contributed by atoms with Crippen LogP contribution in [0.15, 0.2) is 77.2 Å². The van der Waals surface area contributed by atoms with Crippen molar-refractivity contribution in [3.63, 3.8) is 0 Å². The number of aromatic hydroxyl groups is 4. The third-order valence-corrected chi connectivity index (χ3v) is 6.55. The van der Waals surface area contributed by atoms with Crippen LogP contribution >= 0.6 is 0 Å². The minimum Gasteiger partial charge on any atom is -0.508 e. The average molecular weight is 580 g/mol. The van der Waals surface area contributed by atoms with Crippen LogP contribution < -0.4 is 4.74 Å². The Kier molecular flexibility index (Phi) is 8.13. The van der Waals surface area contributed by atoms with Gasteiger partial charge in [0.15, 0.2) is 0 Å². The highest BCUT2D eigenvalue weighted by Gasteiger charge is 2.46. The minimum atomic E-state index is -1.75. The van der Waals surface area contributed by atoms with Crippen LogP contribution in [0, 0.1) is 0 Å². The fourth-order valence-corrected chi connectivity index (χ4v) is 4.32. The van der Waals surface area contributed by atoms with E-state index in [4.69, 9.17) is 18.6 Å². The zero-order chi connectivity index (χ0) is 30.0. The first-order valence-corrected chi connectivity index (χ1v) is 12.7. The molecule has 0 bridgehead atoms. The second kappa shape index (κ2) is 11.9. The Balaban J connectivity index is 1.38. The molecule has 1 fully saturated rings. The first kappa shape index (κ1) is 28.6. The SMILES string of the molecule is O=C(C=Cc1ccc(O)cc1)OCC1OC(Oc2cc3c(O)cc(O)cc3[o+]c2-c2ccc(O)cc2)C(O)C(O)C1O. The summed E-state index contributed by atoms with van der Waals surface area (Å²) in [7, 11) is 0. The van der Waals surface area contributed by atoms with E-state index in [9.17, 15) is 40.5 Å². The van der Waals surface area contributed by atoms with E-state index in [1.54, 1.807) is 12.1 Å². The largest absolute Gasteiger partial charge is 0.508 e. The standard InChI is InChI=1S/C30H26O12/c31-17-6-1-15(2-7-17)3-10-25(35)39-14-24-26(36)27(37)28(38)30(42-24)41-23-13-20-21(34)11-19(33)12-22(20)40-29(23)16-4-8-18(32)9-5-16/h1-13,24,26-28,30,36-38H,14H2,(H3-,31,32,33,34,35)/p+1. The summed E-state index contributed by atoms with van der Waals surface area (Å²) >= 11 is 0. The molecule has 0 saturated carbocycles. The van der Waals surface area contributed by atoms with E-state index in [0.717, 1.165) is 12.1 Å². The Bertz CT molecular complexity index is 1600. The predicted molar refractivity (Wildman–Crippen MR) is 146 cm³/mol. The molecule has 0 spiro atoms. The number of aliphatic hydroxyl groups is 3. The van der Waals surface area contributed by atoms with Gasteiger partial charge in [0.2, 0.25) is 12.0 Å². The van der Waals surface area contributed by atoms with Crippen molar-refractivity contribution in [2.75, 3.05) is 6.61 Å². The molecule has 1 saturated heterocycles. The molecule has 218 valence electrons. The summed E-state index contributed by atoms with van der Waals surface area (Å²) in [6.07, 6.45) is -5.46. The second-order valence-corrected chi connectivity index (χ2v) is 9.55. The lowest BCUT2D eigenvalue weighted by Crippen LogP contribution is -2.60. The maximum Gasteiger partial charge on any atom is 0.402 e. The van der Waals surface area contributed by atoms with Gasteiger partial charge in [0.1, 0.15) is 59.4 Å². The second-order valence-electron chi connectivity index (χ2n) is 9.55. The summed E-state index contributed by atoms with van der Waals surface area (Å²) in [6.45, 7) is -0.503. The highest BCUT2D eigenvalue weighted by Crippen LogP contribution is 2.40. The van der Waals surface area contributed by atoms with Crippen LogP contribution in [-0.4, -0.2) is 79.0 Å². The lowest BCUT2D eigenvalue weighted by molar-refractivity contribution is -0.278. The molecular weight excluding hydrogens is 552 g/mol. The van der Waals surface area contributed by atoms with Gasteiger partial charge in [-0.3, -0.25) is 0 Å². The van der Waals surface area contributed by atoms with Gasteiger partial charge in [-0.15, -0.1) is 0 Å². The number of hydrogen-bond donors (Lipinski definition) is 7. The Morgan fingerprint density at radius 2 is 1.50 bits per heavy atom. The van der Waals surface area contributed by atoms with E-state index in [0.29, 0.717) is 11.1 Å². The number of phenolic OH excluding ortho intramolecular Hbond substituents is 4. The lowest BCUT2D eigenvalue weighted by Gasteiger charge is -2.39.